The maximum Gasteiger partial charge on any atom is 0.340 e. The number of methoxy groups -OCH3 is 1. The van der Waals surface area contributed by atoms with E-state index < -0.39 is 11.8 Å². The second-order valence-corrected chi connectivity index (χ2v) is 4.06. The van der Waals surface area contributed by atoms with Gasteiger partial charge in [-0.3, -0.25) is 4.68 Å². The molecule has 0 atom stereocenters. The molecule has 94 valence electrons. The van der Waals surface area contributed by atoms with Crippen molar-refractivity contribution in [2.75, 3.05) is 7.11 Å². The van der Waals surface area contributed by atoms with Crippen LogP contribution in [0, 0.1) is 5.82 Å². The Bertz CT molecular complexity index is 591. The van der Waals surface area contributed by atoms with Gasteiger partial charge in [0.15, 0.2) is 0 Å². The highest BCUT2D eigenvalue weighted by Crippen LogP contribution is 2.28. The molecule has 2 aromatic rings. The van der Waals surface area contributed by atoms with E-state index in [-0.39, 0.29) is 5.56 Å². The molecule has 4 nitrogen and oxygen atoms in total. The number of carbonyl (C=O) groups is 1. The molecule has 0 spiro atoms. The zero-order valence-corrected chi connectivity index (χ0v) is 10.5. The van der Waals surface area contributed by atoms with Gasteiger partial charge < -0.3 is 4.74 Å². The Kier molecular flexibility index (Phi) is 3.34. The molecule has 0 saturated heterocycles. The average Bonchev–Trinajstić information content (AvgIpc) is 2.68. The summed E-state index contributed by atoms with van der Waals surface area (Å²) in [6.45, 7) is 0. The van der Waals surface area contributed by atoms with Gasteiger partial charge in [-0.25, -0.2) is 9.18 Å². The summed E-state index contributed by atoms with van der Waals surface area (Å²) in [5, 5.41) is 4.39. The van der Waals surface area contributed by atoms with Gasteiger partial charge in [0.1, 0.15) is 5.82 Å². The minimum absolute atomic E-state index is 0.112. The fourth-order valence-electron chi connectivity index (χ4n) is 1.67. The summed E-state index contributed by atoms with van der Waals surface area (Å²) in [4.78, 5) is 11.3. The minimum atomic E-state index is -0.713. The topological polar surface area (TPSA) is 44.1 Å². The van der Waals surface area contributed by atoms with E-state index in [9.17, 15) is 9.18 Å². The lowest BCUT2D eigenvalue weighted by Gasteiger charge is -2.06. The summed E-state index contributed by atoms with van der Waals surface area (Å²) >= 11 is 5.96. The molecular formula is C12H10ClFN2O2. The molecule has 0 radical (unpaired) electrons. The second-order valence-electron chi connectivity index (χ2n) is 3.65. The zero-order valence-electron chi connectivity index (χ0n) is 9.78. The standard InChI is InChI=1S/C12H10ClFN2O2/c1-16-11(9(13)6-15-16)7-3-4-8(10(14)5-7)12(17)18-2/h3-6H,1-2H3. The Balaban J connectivity index is 2.50. The van der Waals surface area contributed by atoms with Gasteiger partial charge in [-0.2, -0.15) is 5.10 Å². The van der Waals surface area contributed by atoms with E-state index in [1.807, 2.05) is 0 Å². The highest BCUT2D eigenvalue weighted by molar-refractivity contribution is 6.33. The molecule has 0 N–H and O–H groups in total. The summed E-state index contributed by atoms with van der Waals surface area (Å²) in [5.74, 6) is -1.37. The Morgan fingerprint density at radius 1 is 1.50 bits per heavy atom. The molecule has 18 heavy (non-hydrogen) atoms. The third-order valence-electron chi connectivity index (χ3n) is 2.54. The number of hydrogen-bond donors (Lipinski definition) is 0. The molecular weight excluding hydrogens is 259 g/mol. The second kappa shape index (κ2) is 4.78. The van der Waals surface area contributed by atoms with Gasteiger partial charge in [-0.05, 0) is 12.1 Å². The Morgan fingerprint density at radius 3 is 2.72 bits per heavy atom. The monoisotopic (exact) mass is 268 g/mol. The van der Waals surface area contributed by atoms with E-state index in [4.69, 9.17) is 11.6 Å². The van der Waals surface area contributed by atoms with E-state index in [2.05, 4.69) is 9.84 Å². The molecule has 6 heteroatoms. The molecule has 0 aliphatic carbocycles. The van der Waals surface area contributed by atoms with Gasteiger partial charge in [-0.1, -0.05) is 17.7 Å². The number of nitrogens with zero attached hydrogens (tertiary/aromatic N) is 2. The van der Waals surface area contributed by atoms with E-state index in [0.717, 1.165) is 0 Å². The van der Waals surface area contributed by atoms with E-state index in [1.54, 1.807) is 13.1 Å². The molecule has 1 aromatic carbocycles. The Labute approximate surface area is 108 Å². The molecule has 0 amide bonds. The van der Waals surface area contributed by atoms with Crippen LogP contribution >= 0.6 is 11.6 Å². The van der Waals surface area contributed by atoms with Crippen LogP contribution in [-0.4, -0.2) is 22.9 Å². The van der Waals surface area contributed by atoms with Crippen molar-refractivity contribution in [1.82, 2.24) is 9.78 Å². The number of hydrogen-bond acceptors (Lipinski definition) is 3. The van der Waals surface area contributed by atoms with Crippen LogP contribution < -0.4 is 0 Å². The number of ether oxygens (including phenoxy) is 1. The van der Waals surface area contributed by atoms with Gasteiger partial charge in [0, 0.05) is 12.6 Å². The molecule has 0 aliphatic rings. The molecule has 0 saturated carbocycles. The van der Waals surface area contributed by atoms with Gasteiger partial charge >= 0.3 is 5.97 Å². The minimum Gasteiger partial charge on any atom is -0.465 e. The SMILES string of the molecule is COC(=O)c1ccc(-c2c(Cl)cnn2C)cc1F. The van der Waals surface area contributed by atoms with Crippen molar-refractivity contribution in [3.05, 3.63) is 40.8 Å². The summed E-state index contributed by atoms with van der Waals surface area (Å²) < 4.78 is 19.8. The summed E-state index contributed by atoms with van der Waals surface area (Å²) in [5.41, 5.74) is 1.02. The molecule has 0 aliphatic heterocycles. The lowest BCUT2D eigenvalue weighted by molar-refractivity contribution is 0.0595. The maximum atomic E-state index is 13.8. The van der Waals surface area contributed by atoms with Crippen molar-refractivity contribution in [3.8, 4) is 11.3 Å². The smallest absolute Gasteiger partial charge is 0.340 e. The number of aromatic nitrogens is 2. The van der Waals surface area contributed by atoms with Gasteiger partial charge in [0.25, 0.3) is 0 Å². The lowest BCUT2D eigenvalue weighted by Crippen LogP contribution is -2.04. The summed E-state index contributed by atoms with van der Waals surface area (Å²) in [6, 6.07) is 4.19. The zero-order chi connectivity index (χ0) is 13.3. The molecule has 0 bridgehead atoms. The van der Waals surface area contributed by atoms with Gasteiger partial charge in [0.05, 0.1) is 29.6 Å². The maximum absolute atomic E-state index is 13.8. The van der Waals surface area contributed by atoms with E-state index in [0.29, 0.717) is 16.3 Å². The third kappa shape index (κ3) is 2.09. The van der Waals surface area contributed by atoms with Crippen LogP contribution in [-0.2, 0) is 11.8 Å². The number of esters is 1. The van der Waals surface area contributed by atoms with E-state index >= 15 is 0 Å². The van der Waals surface area contributed by atoms with Gasteiger partial charge in [0.2, 0.25) is 0 Å². The largest absolute Gasteiger partial charge is 0.465 e. The van der Waals surface area contributed by atoms with Crippen LogP contribution in [0.5, 0.6) is 0 Å². The predicted octanol–water partition coefficient (Wildman–Crippen LogP) is 2.67. The molecule has 0 unspecified atom stereocenters. The molecule has 2 rings (SSSR count). The third-order valence-corrected chi connectivity index (χ3v) is 2.82. The number of carbonyl (C=O) groups excluding carboxylic acids is 1. The lowest BCUT2D eigenvalue weighted by atomic mass is 10.1. The first kappa shape index (κ1) is 12.6. The first-order valence-electron chi connectivity index (χ1n) is 5.10. The van der Waals surface area contributed by atoms with Crippen molar-refractivity contribution in [1.29, 1.82) is 0 Å². The van der Waals surface area contributed by atoms with Crippen LogP contribution in [0.1, 0.15) is 10.4 Å². The number of benzene rings is 1. The van der Waals surface area contributed by atoms with E-state index in [1.165, 1.54) is 30.1 Å². The van der Waals surface area contributed by atoms with Crippen molar-refractivity contribution in [2.45, 2.75) is 0 Å². The highest BCUT2D eigenvalue weighted by atomic mass is 35.5. The van der Waals surface area contributed by atoms with Crippen LogP contribution in [0.15, 0.2) is 24.4 Å². The molecule has 0 fully saturated rings. The van der Waals surface area contributed by atoms with Crippen LogP contribution in [0.3, 0.4) is 0 Å². The number of rotatable bonds is 2. The molecule has 1 heterocycles. The first-order valence-corrected chi connectivity index (χ1v) is 5.48. The summed E-state index contributed by atoms with van der Waals surface area (Å²) in [7, 11) is 2.90. The fourth-order valence-corrected chi connectivity index (χ4v) is 1.95. The van der Waals surface area contributed by atoms with Crippen LogP contribution in [0.4, 0.5) is 4.39 Å². The highest BCUT2D eigenvalue weighted by Gasteiger charge is 2.15. The van der Waals surface area contributed by atoms with Crippen LogP contribution in [0.25, 0.3) is 11.3 Å². The van der Waals surface area contributed by atoms with Crippen molar-refractivity contribution >= 4 is 17.6 Å². The average molecular weight is 269 g/mol. The number of halogens is 2. The van der Waals surface area contributed by atoms with Gasteiger partial charge in [-0.15, -0.1) is 0 Å². The summed E-state index contributed by atoms with van der Waals surface area (Å²) in [6.07, 6.45) is 1.48. The predicted molar refractivity (Wildman–Crippen MR) is 65.0 cm³/mol. The van der Waals surface area contributed by atoms with Crippen molar-refractivity contribution in [2.24, 2.45) is 7.05 Å². The molecule has 1 aromatic heterocycles. The van der Waals surface area contributed by atoms with Crippen molar-refractivity contribution in [3.63, 3.8) is 0 Å². The Morgan fingerprint density at radius 2 is 2.22 bits per heavy atom. The fraction of sp³-hybridized carbons (Fsp3) is 0.167. The normalized spacial score (nSPS) is 10.4. The quantitative estimate of drug-likeness (QED) is 0.787. The van der Waals surface area contributed by atoms with Crippen LogP contribution in [0.2, 0.25) is 5.02 Å². The first-order chi connectivity index (χ1) is 8.54. The Hall–Kier alpha value is -1.88. The number of aryl methyl sites for hydroxylation is 1. The van der Waals surface area contributed by atoms with Crippen molar-refractivity contribution < 1.29 is 13.9 Å².